The van der Waals surface area contributed by atoms with Gasteiger partial charge in [-0.15, -0.1) is 0 Å². The van der Waals surface area contributed by atoms with E-state index in [2.05, 4.69) is 20.4 Å². The van der Waals surface area contributed by atoms with Gasteiger partial charge in [-0.1, -0.05) is 41.9 Å². The lowest BCUT2D eigenvalue weighted by atomic mass is 10.1. The highest BCUT2D eigenvalue weighted by atomic mass is 35.5. The molecule has 0 bridgehead atoms. The molecule has 1 heterocycles. The van der Waals surface area contributed by atoms with Gasteiger partial charge in [0.2, 0.25) is 0 Å². The van der Waals surface area contributed by atoms with Crippen LogP contribution in [0.2, 0.25) is 5.02 Å². The van der Waals surface area contributed by atoms with Gasteiger partial charge in [-0.25, -0.2) is 9.82 Å². The average Bonchev–Trinajstić information content (AvgIpc) is 3.14. The van der Waals surface area contributed by atoms with E-state index in [9.17, 15) is 14.0 Å². The third-order valence-corrected chi connectivity index (χ3v) is 5.80. The highest BCUT2D eigenvalue weighted by Crippen LogP contribution is 2.25. The van der Waals surface area contributed by atoms with Gasteiger partial charge < -0.3 is 14.6 Å². The van der Waals surface area contributed by atoms with Gasteiger partial charge in [0.1, 0.15) is 11.6 Å². The van der Waals surface area contributed by atoms with E-state index in [1.54, 1.807) is 42.6 Å². The van der Waals surface area contributed by atoms with E-state index < -0.39 is 11.8 Å². The van der Waals surface area contributed by atoms with Crippen molar-refractivity contribution in [1.82, 2.24) is 15.3 Å². The molecule has 0 atom stereocenters. The second kappa shape index (κ2) is 11.5. The molecule has 184 valence electrons. The summed E-state index contributed by atoms with van der Waals surface area (Å²) in [6.07, 6.45) is 1.59. The van der Waals surface area contributed by atoms with Crippen LogP contribution in [0.15, 0.2) is 77.9 Å². The first-order valence-electron chi connectivity index (χ1n) is 11.2. The number of halogens is 2. The van der Waals surface area contributed by atoms with E-state index in [0.717, 1.165) is 27.7 Å². The van der Waals surface area contributed by atoms with Crippen LogP contribution in [0.25, 0.3) is 10.9 Å². The van der Waals surface area contributed by atoms with Gasteiger partial charge in [-0.2, -0.15) is 5.10 Å². The van der Waals surface area contributed by atoms with Crippen LogP contribution in [0.4, 0.5) is 4.39 Å². The zero-order valence-electron chi connectivity index (χ0n) is 19.5. The summed E-state index contributed by atoms with van der Waals surface area (Å²) < 4.78 is 20.8. The van der Waals surface area contributed by atoms with Crippen LogP contribution in [-0.2, 0) is 16.1 Å². The Balaban J connectivity index is 1.35. The van der Waals surface area contributed by atoms with Crippen molar-refractivity contribution in [3.63, 3.8) is 0 Å². The fraction of sp³-hybridized carbons (Fsp3) is 0.148. The van der Waals surface area contributed by atoms with Gasteiger partial charge in [0.25, 0.3) is 11.8 Å². The number of rotatable bonds is 9. The molecular formula is C27H24ClFN4O3. The van der Waals surface area contributed by atoms with Crippen molar-refractivity contribution in [2.45, 2.75) is 13.5 Å². The van der Waals surface area contributed by atoms with Gasteiger partial charge in [0, 0.05) is 33.7 Å². The first-order chi connectivity index (χ1) is 17.4. The monoisotopic (exact) mass is 506 g/mol. The molecule has 0 aliphatic rings. The van der Waals surface area contributed by atoms with Gasteiger partial charge in [-0.3, -0.25) is 9.59 Å². The number of nitrogens with zero attached hydrogens (tertiary/aromatic N) is 2. The molecule has 7 nitrogen and oxygen atoms in total. The molecule has 1 aromatic heterocycles. The van der Waals surface area contributed by atoms with Crippen molar-refractivity contribution in [1.29, 1.82) is 0 Å². The number of carbonyl (C=O) groups is 2. The van der Waals surface area contributed by atoms with Crippen molar-refractivity contribution < 1.29 is 18.7 Å². The molecule has 0 unspecified atom stereocenters. The van der Waals surface area contributed by atoms with E-state index >= 15 is 0 Å². The number of para-hydroxylation sites is 1. The van der Waals surface area contributed by atoms with E-state index in [-0.39, 0.29) is 19.0 Å². The summed E-state index contributed by atoms with van der Waals surface area (Å²) in [7, 11) is 0. The minimum atomic E-state index is -0.473. The first kappa shape index (κ1) is 24.9. The molecule has 0 aliphatic carbocycles. The highest BCUT2D eigenvalue weighted by Gasteiger charge is 2.13. The lowest BCUT2D eigenvalue weighted by molar-refractivity contribution is -0.127. The number of fused-ring (bicyclic) bond motifs is 1. The summed E-state index contributed by atoms with van der Waals surface area (Å²) in [6, 6.07) is 20.9. The fourth-order valence-electron chi connectivity index (χ4n) is 3.71. The molecule has 0 aliphatic heterocycles. The van der Waals surface area contributed by atoms with Gasteiger partial charge in [-0.05, 0) is 55.0 Å². The molecule has 4 rings (SSSR count). The molecule has 0 spiro atoms. The van der Waals surface area contributed by atoms with Crippen molar-refractivity contribution in [2.75, 3.05) is 13.2 Å². The molecule has 4 aromatic rings. The van der Waals surface area contributed by atoms with Crippen LogP contribution >= 0.6 is 11.6 Å². The number of hydrogen-bond donors (Lipinski definition) is 2. The van der Waals surface area contributed by atoms with E-state index in [4.69, 9.17) is 16.3 Å². The van der Waals surface area contributed by atoms with Gasteiger partial charge in [0.15, 0.2) is 6.61 Å². The Morgan fingerprint density at radius 3 is 2.50 bits per heavy atom. The zero-order chi connectivity index (χ0) is 25.5. The Hall–Kier alpha value is -4.17. The quantitative estimate of drug-likeness (QED) is 0.260. The number of aromatic nitrogens is 1. The number of hydrogen-bond acceptors (Lipinski definition) is 4. The minimum Gasteiger partial charge on any atom is -0.484 e. The number of ether oxygens (including phenoxy) is 1. The third-order valence-electron chi connectivity index (χ3n) is 5.55. The minimum absolute atomic E-state index is 0.231. The average molecular weight is 507 g/mol. The lowest BCUT2D eigenvalue weighted by Gasteiger charge is -2.09. The standard InChI is InChI=1S/C27H24ClFN4O3/c1-18-24(23-4-2-3-5-25(23)33(18)16-19-6-10-21(29)11-7-19)14-31-32-26(34)15-30-27(35)17-36-22-12-8-20(28)9-13-22/h2-14H,15-17H2,1H3,(H,30,35)(H,32,34). The van der Waals surface area contributed by atoms with Crippen LogP contribution in [0.3, 0.4) is 0 Å². The van der Waals surface area contributed by atoms with Gasteiger partial charge >= 0.3 is 0 Å². The first-order valence-corrected chi connectivity index (χ1v) is 11.6. The normalized spacial score (nSPS) is 11.1. The van der Waals surface area contributed by atoms with Crippen molar-refractivity contribution >= 4 is 40.5 Å². The van der Waals surface area contributed by atoms with Crippen LogP contribution in [0.1, 0.15) is 16.8 Å². The Morgan fingerprint density at radius 1 is 1.03 bits per heavy atom. The summed E-state index contributed by atoms with van der Waals surface area (Å²) in [5.41, 5.74) is 6.20. The molecule has 0 radical (unpaired) electrons. The molecule has 3 aromatic carbocycles. The number of benzene rings is 3. The lowest BCUT2D eigenvalue weighted by Crippen LogP contribution is -2.37. The van der Waals surface area contributed by atoms with Crippen LogP contribution in [0.5, 0.6) is 5.75 Å². The van der Waals surface area contributed by atoms with Crippen LogP contribution in [0, 0.1) is 12.7 Å². The summed E-state index contributed by atoms with van der Waals surface area (Å²) in [5, 5.41) is 8.11. The third kappa shape index (κ3) is 6.28. The molecule has 9 heteroatoms. The van der Waals surface area contributed by atoms with Crippen molar-refractivity contribution in [2.24, 2.45) is 5.10 Å². The van der Waals surface area contributed by atoms with Crippen LogP contribution < -0.4 is 15.5 Å². The Kier molecular flexibility index (Phi) is 7.97. The maximum atomic E-state index is 13.3. The molecular weight excluding hydrogens is 483 g/mol. The number of hydrazone groups is 1. The number of carbonyl (C=O) groups excluding carboxylic acids is 2. The number of nitrogens with one attached hydrogen (secondary N) is 2. The summed E-state index contributed by atoms with van der Waals surface area (Å²) in [6.45, 7) is 2.06. The van der Waals surface area contributed by atoms with E-state index in [1.165, 1.54) is 12.1 Å². The molecule has 0 saturated carbocycles. The van der Waals surface area contributed by atoms with E-state index in [1.807, 2.05) is 31.2 Å². The van der Waals surface area contributed by atoms with Crippen molar-refractivity contribution in [3.8, 4) is 5.75 Å². The topological polar surface area (TPSA) is 84.7 Å². The second-order valence-electron chi connectivity index (χ2n) is 8.04. The predicted molar refractivity (Wildman–Crippen MR) is 138 cm³/mol. The Bertz CT molecular complexity index is 1400. The fourth-order valence-corrected chi connectivity index (χ4v) is 3.84. The van der Waals surface area contributed by atoms with Crippen LogP contribution in [-0.4, -0.2) is 35.7 Å². The maximum absolute atomic E-state index is 13.3. The molecule has 0 fully saturated rings. The van der Waals surface area contributed by atoms with Gasteiger partial charge in [0.05, 0.1) is 12.8 Å². The summed E-state index contributed by atoms with van der Waals surface area (Å²) >= 11 is 5.81. The molecule has 2 amide bonds. The SMILES string of the molecule is Cc1c(C=NNC(=O)CNC(=O)COc2ccc(Cl)cc2)c2ccccc2n1Cc1ccc(F)cc1. The molecule has 2 N–H and O–H groups in total. The predicted octanol–water partition coefficient (Wildman–Crippen LogP) is 4.44. The van der Waals surface area contributed by atoms with Crippen molar-refractivity contribution in [3.05, 3.63) is 100 Å². The Labute approximate surface area is 212 Å². The van der Waals surface area contributed by atoms with E-state index in [0.29, 0.717) is 17.3 Å². The summed E-state index contributed by atoms with van der Waals surface area (Å²) in [5.74, 6) is -0.693. The Morgan fingerprint density at radius 2 is 1.75 bits per heavy atom. The summed E-state index contributed by atoms with van der Waals surface area (Å²) in [4.78, 5) is 24.1. The maximum Gasteiger partial charge on any atom is 0.259 e. The molecule has 0 saturated heterocycles. The number of amides is 2. The second-order valence-corrected chi connectivity index (χ2v) is 8.48. The smallest absolute Gasteiger partial charge is 0.259 e. The highest BCUT2D eigenvalue weighted by molar-refractivity contribution is 6.30. The zero-order valence-corrected chi connectivity index (χ0v) is 20.3. The largest absolute Gasteiger partial charge is 0.484 e. The molecule has 36 heavy (non-hydrogen) atoms.